The molecule has 0 spiro atoms. The zero-order chi connectivity index (χ0) is 19.5. The Bertz CT molecular complexity index is 1170. The predicted octanol–water partition coefficient (Wildman–Crippen LogP) is 3.37. The molecule has 0 aliphatic heterocycles. The van der Waals surface area contributed by atoms with E-state index in [0.717, 1.165) is 16.6 Å². The van der Waals surface area contributed by atoms with E-state index in [9.17, 15) is 9.59 Å². The molecule has 28 heavy (non-hydrogen) atoms. The van der Waals surface area contributed by atoms with E-state index >= 15 is 0 Å². The molecule has 138 valence electrons. The number of carbonyl (C=O) groups excluding carboxylic acids is 2. The molecule has 0 aliphatic rings. The number of urea groups is 1. The molecule has 0 bridgehead atoms. The number of nitrogens with two attached hydrogens (primary N) is 1. The maximum absolute atomic E-state index is 12.6. The maximum atomic E-state index is 12.6. The van der Waals surface area contributed by atoms with Crippen LogP contribution in [0.1, 0.15) is 10.5 Å². The van der Waals surface area contributed by atoms with Crippen LogP contribution in [-0.4, -0.2) is 27.1 Å². The third-order valence-corrected chi connectivity index (χ3v) is 4.15. The summed E-state index contributed by atoms with van der Waals surface area (Å²) in [6.07, 6.45) is 3.17. The van der Waals surface area contributed by atoms with Crippen LogP contribution in [0.3, 0.4) is 0 Å². The normalized spacial score (nSPS) is 10.6. The monoisotopic (exact) mass is 372 g/mol. The molecule has 0 saturated carbocycles. The number of aromatic amines is 1. The average molecular weight is 372 g/mol. The molecule has 8 nitrogen and oxygen atoms in total. The van der Waals surface area contributed by atoms with Gasteiger partial charge in [-0.25, -0.2) is 4.79 Å². The van der Waals surface area contributed by atoms with Crippen LogP contribution in [0, 0.1) is 0 Å². The zero-order valence-corrected chi connectivity index (χ0v) is 14.6. The lowest BCUT2D eigenvalue weighted by Gasteiger charge is -2.06. The first-order chi connectivity index (χ1) is 13.6. The molecule has 0 aliphatic carbocycles. The predicted molar refractivity (Wildman–Crippen MR) is 107 cm³/mol. The summed E-state index contributed by atoms with van der Waals surface area (Å²) in [7, 11) is 0. The van der Waals surface area contributed by atoms with E-state index in [0.29, 0.717) is 22.5 Å². The highest BCUT2D eigenvalue weighted by atomic mass is 16.2. The molecule has 8 heteroatoms. The van der Waals surface area contributed by atoms with Crippen LogP contribution < -0.4 is 16.4 Å². The smallest absolute Gasteiger partial charge is 0.316 e. The van der Waals surface area contributed by atoms with E-state index < -0.39 is 6.03 Å². The van der Waals surface area contributed by atoms with Gasteiger partial charge in [0.2, 0.25) is 0 Å². The zero-order valence-electron chi connectivity index (χ0n) is 14.6. The van der Waals surface area contributed by atoms with Gasteiger partial charge >= 0.3 is 6.03 Å². The highest BCUT2D eigenvalue weighted by Gasteiger charge is 2.15. The molecule has 0 saturated heterocycles. The van der Waals surface area contributed by atoms with E-state index in [1.807, 2.05) is 36.4 Å². The summed E-state index contributed by atoms with van der Waals surface area (Å²) in [6.45, 7) is 0. The second kappa shape index (κ2) is 7.20. The number of aromatic nitrogens is 3. The number of nitrogens with one attached hydrogen (secondary N) is 3. The molecule has 0 unspecified atom stereocenters. The highest BCUT2D eigenvalue weighted by Crippen LogP contribution is 2.27. The number of rotatable bonds is 4. The number of H-pyrrole nitrogens is 1. The van der Waals surface area contributed by atoms with Gasteiger partial charge in [-0.2, -0.15) is 5.10 Å². The number of nitrogens with zero attached hydrogens (tertiary/aromatic N) is 2. The lowest BCUT2D eigenvalue weighted by molar-refractivity contribution is 0.102. The van der Waals surface area contributed by atoms with Gasteiger partial charge in [-0.05, 0) is 35.9 Å². The number of para-hydroxylation sites is 1. The Hall–Kier alpha value is -4.20. The number of benzene rings is 2. The van der Waals surface area contributed by atoms with E-state index in [2.05, 4.69) is 25.8 Å². The lowest BCUT2D eigenvalue weighted by atomic mass is 10.0. The third kappa shape index (κ3) is 3.51. The van der Waals surface area contributed by atoms with Crippen molar-refractivity contribution in [2.24, 2.45) is 5.73 Å². The molecule has 4 rings (SSSR count). The number of primary amides is 1. The van der Waals surface area contributed by atoms with Gasteiger partial charge in [0.15, 0.2) is 5.69 Å². The van der Waals surface area contributed by atoms with Crippen molar-refractivity contribution in [3.63, 3.8) is 0 Å². The van der Waals surface area contributed by atoms with Crippen LogP contribution >= 0.6 is 0 Å². The molecule has 3 amide bonds. The number of carbonyl (C=O) groups is 2. The van der Waals surface area contributed by atoms with Crippen molar-refractivity contribution in [3.8, 4) is 11.1 Å². The van der Waals surface area contributed by atoms with Crippen molar-refractivity contribution < 1.29 is 9.59 Å². The van der Waals surface area contributed by atoms with Crippen LogP contribution in [0.2, 0.25) is 0 Å². The van der Waals surface area contributed by atoms with E-state index in [-0.39, 0.29) is 5.91 Å². The van der Waals surface area contributed by atoms with Gasteiger partial charge in [0.05, 0.1) is 17.4 Å². The van der Waals surface area contributed by atoms with Crippen molar-refractivity contribution in [3.05, 3.63) is 72.7 Å². The second-order valence-corrected chi connectivity index (χ2v) is 6.10. The number of pyridine rings is 1. The Kier molecular flexibility index (Phi) is 4.43. The molecule has 2 aromatic heterocycles. The van der Waals surface area contributed by atoms with E-state index in [1.165, 1.54) is 6.20 Å². The van der Waals surface area contributed by atoms with Crippen molar-refractivity contribution in [2.45, 2.75) is 0 Å². The number of anilines is 2. The number of fused-ring (bicyclic) bond motifs is 1. The van der Waals surface area contributed by atoms with Gasteiger partial charge in [-0.1, -0.05) is 24.3 Å². The van der Waals surface area contributed by atoms with Gasteiger partial charge in [0.1, 0.15) is 0 Å². The number of hydrogen-bond donors (Lipinski definition) is 4. The fraction of sp³-hybridized carbons (Fsp3) is 0. The Morgan fingerprint density at radius 3 is 2.50 bits per heavy atom. The minimum Gasteiger partial charge on any atom is -0.351 e. The Morgan fingerprint density at radius 2 is 1.71 bits per heavy atom. The maximum Gasteiger partial charge on any atom is 0.316 e. The van der Waals surface area contributed by atoms with Crippen LogP contribution in [0.5, 0.6) is 0 Å². The van der Waals surface area contributed by atoms with Crippen molar-refractivity contribution in [1.82, 2.24) is 15.2 Å². The molecule has 0 fully saturated rings. The van der Waals surface area contributed by atoms with Crippen LogP contribution in [0.15, 0.2) is 67.0 Å². The second-order valence-electron chi connectivity index (χ2n) is 6.10. The summed E-state index contributed by atoms with van der Waals surface area (Å²) in [5, 5.41) is 13.0. The SMILES string of the molecule is NC(=O)Nc1cncc(-c2ccc3[nH]nc(C(=O)Nc4ccccc4)c3c2)c1. The molecule has 4 aromatic rings. The van der Waals surface area contributed by atoms with Crippen molar-refractivity contribution in [1.29, 1.82) is 0 Å². The van der Waals surface area contributed by atoms with Crippen molar-refractivity contribution in [2.75, 3.05) is 10.6 Å². The van der Waals surface area contributed by atoms with Gasteiger partial charge in [-0.15, -0.1) is 0 Å². The fourth-order valence-corrected chi connectivity index (χ4v) is 2.89. The Morgan fingerprint density at radius 1 is 0.893 bits per heavy atom. The van der Waals surface area contributed by atoms with Crippen LogP contribution in [-0.2, 0) is 0 Å². The summed E-state index contributed by atoms with van der Waals surface area (Å²) in [4.78, 5) is 27.8. The Labute approximate surface area is 159 Å². The molecular weight excluding hydrogens is 356 g/mol. The fourth-order valence-electron chi connectivity index (χ4n) is 2.89. The first-order valence-electron chi connectivity index (χ1n) is 8.46. The first-order valence-corrected chi connectivity index (χ1v) is 8.46. The van der Waals surface area contributed by atoms with Gasteiger partial charge in [0.25, 0.3) is 5.91 Å². The molecular formula is C20H16N6O2. The minimum atomic E-state index is -0.663. The number of amides is 3. The summed E-state index contributed by atoms with van der Waals surface area (Å²) in [5.74, 6) is -0.308. The summed E-state index contributed by atoms with van der Waals surface area (Å²) >= 11 is 0. The first kappa shape index (κ1) is 17.2. The highest BCUT2D eigenvalue weighted by molar-refractivity contribution is 6.11. The lowest BCUT2D eigenvalue weighted by Crippen LogP contribution is -2.19. The van der Waals surface area contributed by atoms with Gasteiger partial charge < -0.3 is 16.4 Å². The molecule has 2 heterocycles. The largest absolute Gasteiger partial charge is 0.351 e. The summed E-state index contributed by atoms with van der Waals surface area (Å²) in [6, 6.07) is 15.8. The molecule has 0 atom stereocenters. The van der Waals surface area contributed by atoms with Crippen LogP contribution in [0.25, 0.3) is 22.0 Å². The minimum absolute atomic E-state index is 0.292. The topological polar surface area (TPSA) is 126 Å². The Balaban J connectivity index is 1.68. The van der Waals surface area contributed by atoms with Gasteiger partial charge in [0, 0.05) is 22.8 Å². The number of hydrogen-bond acceptors (Lipinski definition) is 4. The van der Waals surface area contributed by atoms with Crippen molar-refractivity contribution >= 4 is 34.2 Å². The van der Waals surface area contributed by atoms with Crippen LogP contribution in [0.4, 0.5) is 16.2 Å². The standard InChI is InChI=1S/C20H16N6O2/c21-20(28)24-15-8-13(10-22-11-15)12-6-7-17-16(9-12)18(26-25-17)19(27)23-14-4-2-1-3-5-14/h1-11H,(H,23,27)(H,25,26)(H3,21,24,28). The quantitative estimate of drug-likeness (QED) is 0.438. The van der Waals surface area contributed by atoms with E-state index in [1.54, 1.807) is 24.4 Å². The average Bonchev–Trinajstić information content (AvgIpc) is 3.12. The molecule has 2 aromatic carbocycles. The summed E-state index contributed by atoms with van der Waals surface area (Å²) in [5.41, 5.74) is 8.95. The molecule has 0 radical (unpaired) electrons. The summed E-state index contributed by atoms with van der Waals surface area (Å²) < 4.78 is 0. The molecule has 5 N–H and O–H groups in total. The van der Waals surface area contributed by atoms with Gasteiger partial charge in [-0.3, -0.25) is 14.9 Å². The third-order valence-electron chi connectivity index (χ3n) is 4.15. The van der Waals surface area contributed by atoms with E-state index in [4.69, 9.17) is 5.73 Å².